The number of carbonyl (C=O) groups excluding carboxylic acids is 1. The molecule has 3 fully saturated rings. The molecule has 0 unspecified atom stereocenters. The largest absolute Gasteiger partial charge is 0.389 e. The van der Waals surface area contributed by atoms with Crippen molar-refractivity contribution in [2.75, 3.05) is 31.6 Å². The van der Waals surface area contributed by atoms with E-state index in [2.05, 4.69) is 20.4 Å². The predicted octanol–water partition coefficient (Wildman–Crippen LogP) is 2.15. The number of anilines is 1. The van der Waals surface area contributed by atoms with Gasteiger partial charge in [0.2, 0.25) is 0 Å². The molecule has 5 rings (SSSR count). The smallest absolute Gasteiger partial charge is 0.280 e. The fourth-order valence-electron chi connectivity index (χ4n) is 4.25. The highest BCUT2D eigenvalue weighted by molar-refractivity contribution is 7.92. The van der Waals surface area contributed by atoms with Gasteiger partial charge in [0.25, 0.3) is 5.91 Å². The zero-order valence-corrected chi connectivity index (χ0v) is 21.6. The first-order valence-electron chi connectivity index (χ1n) is 12.3. The molecule has 1 aromatic carbocycles. The number of oxime groups is 1. The number of aromatic nitrogens is 1. The maximum Gasteiger partial charge on any atom is 0.280 e. The molecule has 3 aliphatic rings. The minimum Gasteiger partial charge on any atom is -0.389 e. The van der Waals surface area contributed by atoms with Gasteiger partial charge in [0.1, 0.15) is 0 Å². The van der Waals surface area contributed by atoms with E-state index in [1.165, 1.54) is 23.5 Å². The minimum absolute atomic E-state index is 0.0547. The number of likely N-dealkylation sites (tertiary alicyclic amines) is 1. The van der Waals surface area contributed by atoms with Gasteiger partial charge in [-0.05, 0) is 50.9 Å². The molecule has 36 heavy (non-hydrogen) atoms. The SMILES string of the molecule is NC1CCN(Cc2cnc(NC(=O)C(=NO[C@@H]3CCOC3)c3ccc(S(=O)(=O)C4CC4)cc3)s2)CC1. The van der Waals surface area contributed by atoms with Crippen molar-refractivity contribution in [3.63, 3.8) is 0 Å². The maximum absolute atomic E-state index is 13.2. The number of amides is 1. The molecule has 1 aliphatic carbocycles. The van der Waals surface area contributed by atoms with E-state index in [1.807, 2.05) is 0 Å². The van der Waals surface area contributed by atoms with Gasteiger partial charge in [-0.2, -0.15) is 0 Å². The number of rotatable bonds is 9. The fourth-order valence-corrected chi connectivity index (χ4v) is 6.75. The first-order valence-corrected chi connectivity index (χ1v) is 14.6. The number of carbonyl (C=O) groups is 1. The highest BCUT2D eigenvalue weighted by atomic mass is 32.2. The lowest BCUT2D eigenvalue weighted by Gasteiger charge is -2.29. The standard InChI is InChI=1S/C24H31N5O5S2/c25-17-7-10-29(11-8-17)14-19-13-26-24(35-19)27-23(30)22(28-34-18-9-12-33-15-18)16-1-3-20(4-2-16)36(31,32)21-5-6-21/h1-4,13,17-18,21H,5-12,14-15,25H2,(H,26,27,30)/t18-/m1/s1. The third-order valence-corrected chi connectivity index (χ3v) is 9.78. The first-order chi connectivity index (χ1) is 17.4. The summed E-state index contributed by atoms with van der Waals surface area (Å²) < 4.78 is 30.4. The normalized spacial score (nSPS) is 22.0. The molecule has 0 radical (unpaired) electrons. The second-order valence-corrected chi connectivity index (χ2v) is 12.8. The van der Waals surface area contributed by atoms with Crippen molar-refractivity contribution in [3.8, 4) is 0 Å². The van der Waals surface area contributed by atoms with Gasteiger partial charge >= 0.3 is 0 Å². The van der Waals surface area contributed by atoms with E-state index >= 15 is 0 Å². The number of piperidine rings is 1. The Labute approximate surface area is 214 Å². The van der Waals surface area contributed by atoms with Gasteiger partial charge < -0.3 is 15.3 Å². The van der Waals surface area contributed by atoms with Gasteiger partial charge in [0.15, 0.2) is 26.8 Å². The van der Waals surface area contributed by atoms with Gasteiger partial charge in [-0.3, -0.25) is 15.0 Å². The molecular weight excluding hydrogens is 502 g/mol. The number of hydrogen-bond donors (Lipinski definition) is 2. The molecule has 3 heterocycles. The van der Waals surface area contributed by atoms with Gasteiger partial charge in [-0.15, -0.1) is 11.3 Å². The van der Waals surface area contributed by atoms with Crippen molar-refractivity contribution in [3.05, 3.63) is 40.9 Å². The Bertz CT molecular complexity index is 1200. The zero-order valence-electron chi connectivity index (χ0n) is 20.0. The molecule has 2 aromatic rings. The van der Waals surface area contributed by atoms with Crippen LogP contribution in [0.3, 0.4) is 0 Å². The van der Waals surface area contributed by atoms with E-state index in [-0.39, 0.29) is 28.0 Å². The van der Waals surface area contributed by atoms with E-state index in [9.17, 15) is 13.2 Å². The zero-order chi connectivity index (χ0) is 25.1. The predicted molar refractivity (Wildman–Crippen MR) is 137 cm³/mol. The van der Waals surface area contributed by atoms with Crippen LogP contribution in [0, 0.1) is 0 Å². The van der Waals surface area contributed by atoms with E-state index in [0.29, 0.717) is 43.2 Å². The van der Waals surface area contributed by atoms with Gasteiger partial charge in [-0.25, -0.2) is 13.4 Å². The Morgan fingerprint density at radius 1 is 1.19 bits per heavy atom. The Morgan fingerprint density at radius 2 is 1.94 bits per heavy atom. The third kappa shape index (κ3) is 6.12. The average molecular weight is 534 g/mol. The number of nitrogens with one attached hydrogen (secondary N) is 1. The van der Waals surface area contributed by atoms with Crippen LogP contribution in [-0.2, 0) is 30.8 Å². The summed E-state index contributed by atoms with van der Waals surface area (Å²) in [5.41, 5.74) is 6.51. The number of nitrogens with zero attached hydrogens (tertiary/aromatic N) is 3. The molecule has 10 nitrogen and oxygen atoms in total. The quantitative estimate of drug-likeness (QED) is 0.370. The summed E-state index contributed by atoms with van der Waals surface area (Å²) in [5, 5.41) is 7.14. The number of hydrogen-bond acceptors (Lipinski definition) is 10. The molecule has 3 N–H and O–H groups in total. The van der Waals surface area contributed by atoms with Crippen molar-refractivity contribution in [1.82, 2.24) is 9.88 Å². The van der Waals surface area contributed by atoms with Gasteiger partial charge in [0.05, 0.1) is 23.4 Å². The Morgan fingerprint density at radius 3 is 2.61 bits per heavy atom. The van der Waals surface area contributed by atoms with Crippen LogP contribution in [-0.4, -0.2) is 73.6 Å². The van der Waals surface area contributed by atoms with E-state index < -0.39 is 15.7 Å². The van der Waals surface area contributed by atoms with Crippen LogP contribution in [0.5, 0.6) is 0 Å². The van der Waals surface area contributed by atoms with Crippen molar-refractivity contribution in [2.24, 2.45) is 10.9 Å². The van der Waals surface area contributed by atoms with Crippen molar-refractivity contribution >= 4 is 37.9 Å². The highest BCUT2D eigenvalue weighted by Gasteiger charge is 2.36. The molecular formula is C24H31N5O5S2. The summed E-state index contributed by atoms with van der Waals surface area (Å²) >= 11 is 1.42. The summed E-state index contributed by atoms with van der Waals surface area (Å²) in [5.74, 6) is -0.475. The van der Waals surface area contributed by atoms with Crippen LogP contribution in [0.25, 0.3) is 0 Å². The summed E-state index contributed by atoms with van der Waals surface area (Å²) in [6.07, 6.45) is 5.58. The maximum atomic E-state index is 13.2. The lowest BCUT2D eigenvalue weighted by atomic mass is 10.1. The Kier molecular flexibility index (Phi) is 7.68. The minimum atomic E-state index is -3.32. The molecule has 12 heteroatoms. The van der Waals surface area contributed by atoms with E-state index in [4.69, 9.17) is 15.3 Å². The third-order valence-electron chi connectivity index (χ3n) is 6.60. The number of benzene rings is 1. The van der Waals surface area contributed by atoms with Gasteiger partial charge in [-0.1, -0.05) is 17.3 Å². The van der Waals surface area contributed by atoms with Crippen LogP contribution in [0.4, 0.5) is 5.13 Å². The van der Waals surface area contributed by atoms with Crippen molar-refractivity contribution in [1.29, 1.82) is 0 Å². The second kappa shape index (κ2) is 10.9. The lowest BCUT2D eigenvalue weighted by Crippen LogP contribution is -2.39. The average Bonchev–Trinajstić information content (AvgIpc) is 3.46. The molecule has 1 amide bonds. The fraction of sp³-hybridized carbons (Fsp3) is 0.542. The Hall–Kier alpha value is -2.38. The molecule has 2 saturated heterocycles. The van der Waals surface area contributed by atoms with Crippen molar-refractivity contribution in [2.45, 2.75) is 60.9 Å². The second-order valence-electron chi connectivity index (χ2n) is 9.50. The Balaban J connectivity index is 1.29. The molecule has 1 aromatic heterocycles. The molecule has 2 aliphatic heterocycles. The van der Waals surface area contributed by atoms with Crippen LogP contribution < -0.4 is 11.1 Å². The number of ether oxygens (including phenoxy) is 1. The van der Waals surface area contributed by atoms with E-state index in [0.717, 1.165) is 37.4 Å². The number of thiazole rings is 1. The van der Waals surface area contributed by atoms with Crippen LogP contribution in [0.2, 0.25) is 0 Å². The van der Waals surface area contributed by atoms with Crippen LogP contribution >= 0.6 is 11.3 Å². The summed E-state index contributed by atoms with van der Waals surface area (Å²) in [6.45, 7) is 3.66. The first kappa shape index (κ1) is 25.3. The number of nitrogens with two attached hydrogens (primary N) is 1. The summed E-state index contributed by atoms with van der Waals surface area (Å²) in [7, 11) is -3.32. The van der Waals surface area contributed by atoms with Crippen LogP contribution in [0.1, 0.15) is 42.5 Å². The van der Waals surface area contributed by atoms with Crippen LogP contribution in [0.15, 0.2) is 40.5 Å². The van der Waals surface area contributed by atoms with E-state index in [1.54, 1.807) is 18.3 Å². The highest BCUT2D eigenvalue weighted by Crippen LogP contribution is 2.33. The summed E-state index contributed by atoms with van der Waals surface area (Å²) in [6, 6.07) is 6.51. The lowest BCUT2D eigenvalue weighted by molar-refractivity contribution is -0.110. The molecule has 0 spiro atoms. The molecule has 1 saturated carbocycles. The molecule has 1 atom stereocenters. The van der Waals surface area contributed by atoms with Crippen molar-refractivity contribution < 1.29 is 22.8 Å². The van der Waals surface area contributed by atoms with Gasteiger partial charge in [0, 0.05) is 35.6 Å². The topological polar surface area (TPSA) is 136 Å². The molecule has 0 bridgehead atoms. The number of sulfone groups is 1. The summed E-state index contributed by atoms with van der Waals surface area (Å²) in [4.78, 5) is 26.8. The monoisotopic (exact) mass is 533 g/mol. The molecule has 194 valence electrons.